The van der Waals surface area contributed by atoms with Crippen molar-refractivity contribution in [3.05, 3.63) is 11.1 Å². The van der Waals surface area contributed by atoms with E-state index < -0.39 is 0 Å². The molecule has 0 fully saturated rings. The van der Waals surface area contributed by atoms with Crippen molar-refractivity contribution in [1.29, 1.82) is 0 Å². The van der Waals surface area contributed by atoms with Gasteiger partial charge in [0.15, 0.2) is 0 Å². The maximum absolute atomic E-state index is 2.35. The Kier molecular flexibility index (Phi) is 4.04. The second kappa shape index (κ2) is 4.52. The Balaban J connectivity index is 2.96. The summed E-state index contributed by atoms with van der Waals surface area (Å²) in [5.41, 5.74) is 3.21. The van der Waals surface area contributed by atoms with Gasteiger partial charge in [-0.2, -0.15) is 0 Å². The molecule has 0 aromatic rings. The third kappa shape index (κ3) is 2.16. The van der Waals surface area contributed by atoms with Crippen molar-refractivity contribution >= 4 is 23.5 Å². The van der Waals surface area contributed by atoms with Gasteiger partial charge in [0, 0.05) is 5.25 Å². The lowest BCUT2D eigenvalue weighted by Crippen LogP contribution is -2.33. The topological polar surface area (TPSA) is 0 Å². The van der Waals surface area contributed by atoms with Crippen molar-refractivity contribution < 1.29 is 0 Å². The fraction of sp³-hybridized carbons (Fsp3) is 0.833. The lowest BCUT2D eigenvalue weighted by molar-refractivity contribution is 0.554. The van der Waals surface area contributed by atoms with E-state index in [1.807, 2.05) is 11.8 Å². The summed E-state index contributed by atoms with van der Waals surface area (Å²) in [6, 6.07) is 0. The Hall–Kier alpha value is 0.440. The van der Waals surface area contributed by atoms with Gasteiger partial charge in [-0.3, -0.25) is 0 Å². The van der Waals surface area contributed by atoms with Crippen molar-refractivity contribution in [3.63, 3.8) is 0 Å². The van der Waals surface area contributed by atoms with Gasteiger partial charge < -0.3 is 0 Å². The van der Waals surface area contributed by atoms with E-state index in [2.05, 4.69) is 52.6 Å². The van der Waals surface area contributed by atoms with Crippen molar-refractivity contribution in [2.24, 2.45) is 5.92 Å². The molecule has 0 amide bonds. The number of allylic oxidation sites excluding steroid dienone is 1. The van der Waals surface area contributed by atoms with Crippen LogP contribution in [0, 0.1) is 5.92 Å². The molecule has 2 atom stereocenters. The summed E-state index contributed by atoms with van der Waals surface area (Å²) >= 11 is 4.20. The van der Waals surface area contributed by atoms with Gasteiger partial charge in [0.25, 0.3) is 0 Å². The maximum Gasteiger partial charge on any atom is 0.0673 e. The third-order valence-electron chi connectivity index (χ3n) is 3.40. The predicted molar refractivity (Wildman–Crippen MR) is 71.1 cm³/mol. The third-order valence-corrected chi connectivity index (χ3v) is 7.21. The Morgan fingerprint density at radius 3 is 2.36 bits per heavy atom. The van der Waals surface area contributed by atoms with Gasteiger partial charge in [0.2, 0.25) is 0 Å². The summed E-state index contributed by atoms with van der Waals surface area (Å²) in [6.45, 7) is 11.6. The van der Waals surface area contributed by atoms with Gasteiger partial charge >= 0.3 is 0 Å². The van der Waals surface area contributed by atoms with Crippen LogP contribution in [0.15, 0.2) is 11.1 Å². The first-order chi connectivity index (χ1) is 6.43. The maximum atomic E-state index is 2.35. The molecule has 0 aliphatic carbocycles. The van der Waals surface area contributed by atoms with Crippen LogP contribution in [0.1, 0.15) is 41.0 Å². The highest BCUT2D eigenvalue weighted by Crippen LogP contribution is 2.53. The Labute approximate surface area is 97.3 Å². The van der Waals surface area contributed by atoms with Crippen LogP contribution < -0.4 is 0 Å². The molecule has 82 valence electrons. The SMILES string of the molecule is CSC1(C(C)C)CC(C)=C(C)C(C)S1. The first-order valence-corrected chi connectivity index (χ1v) is 7.42. The summed E-state index contributed by atoms with van der Waals surface area (Å²) in [4.78, 5) is 0. The minimum Gasteiger partial charge on any atom is -0.147 e. The summed E-state index contributed by atoms with van der Waals surface area (Å²) in [5, 5.41) is 0.693. The number of hydrogen-bond donors (Lipinski definition) is 0. The molecule has 14 heavy (non-hydrogen) atoms. The van der Waals surface area contributed by atoms with Crippen LogP contribution in [-0.2, 0) is 0 Å². The van der Waals surface area contributed by atoms with Gasteiger partial charge in [-0.15, -0.1) is 23.5 Å². The normalized spacial score (nSPS) is 34.1. The van der Waals surface area contributed by atoms with Crippen LogP contribution in [0.25, 0.3) is 0 Å². The summed E-state index contributed by atoms with van der Waals surface area (Å²) in [6.07, 6.45) is 3.51. The minimum atomic E-state index is 0.420. The fourth-order valence-electron chi connectivity index (χ4n) is 1.98. The van der Waals surface area contributed by atoms with Crippen molar-refractivity contribution in [2.75, 3.05) is 6.26 Å². The molecule has 0 saturated heterocycles. The quantitative estimate of drug-likeness (QED) is 0.638. The van der Waals surface area contributed by atoms with Crippen molar-refractivity contribution in [3.8, 4) is 0 Å². The lowest BCUT2D eigenvalue weighted by atomic mass is 9.97. The van der Waals surface area contributed by atoms with Crippen molar-refractivity contribution in [2.45, 2.75) is 50.4 Å². The van der Waals surface area contributed by atoms with Gasteiger partial charge in [0.05, 0.1) is 4.08 Å². The molecule has 0 spiro atoms. The molecular weight excluding hydrogens is 208 g/mol. The van der Waals surface area contributed by atoms with E-state index >= 15 is 0 Å². The summed E-state index contributed by atoms with van der Waals surface area (Å²) < 4.78 is 0.420. The first-order valence-electron chi connectivity index (χ1n) is 5.32. The van der Waals surface area contributed by atoms with Crippen LogP contribution in [0.4, 0.5) is 0 Å². The molecule has 0 aromatic carbocycles. The fourth-order valence-corrected chi connectivity index (χ4v) is 5.18. The van der Waals surface area contributed by atoms with Gasteiger partial charge in [-0.05, 0) is 39.4 Å². The van der Waals surface area contributed by atoms with Crippen LogP contribution in [-0.4, -0.2) is 15.6 Å². The van der Waals surface area contributed by atoms with Crippen LogP contribution >= 0.6 is 23.5 Å². The standard InChI is InChI=1S/C12H22S2/c1-8(2)12(13-6)7-9(3)10(4)11(5)14-12/h8,11H,7H2,1-6H3. The first kappa shape index (κ1) is 12.5. The minimum absolute atomic E-state index is 0.420. The van der Waals surface area contributed by atoms with Crippen molar-refractivity contribution in [1.82, 2.24) is 0 Å². The summed E-state index contributed by atoms with van der Waals surface area (Å²) in [5.74, 6) is 0.744. The smallest absolute Gasteiger partial charge is 0.0673 e. The number of hydrogen-bond acceptors (Lipinski definition) is 2. The molecule has 2 unspecified atom stereocenters. The van der Waals surface area contributed by atoms with Gasteiger partial charge in [0.1, 0.15) is 0 Å². The van der Waals surface area contributed by atoms with Gasteiger partial charge in [-0.25, -0.2) is 0 Å². The molecule has 0 saturated carbocycles. The number of thioether (sulfide) groups is 2. The second-order valence-electron chi connectivity index (χ2n) is 4.57. The second-order valence-corrected chi connectivity index (χ2v) is 7.64. The number of rotatable bonds is 2. The van der Waals surface area contributed by atoms with Crippen LogP contribution in [0.2, 0.25) is 0 Å². The van der Waals surface area contributed by atoms with E-state index in [0.29, 0.717) is 9.33 Å². The Bertz CT molecular complexity index is 243. The summed E-state index contributed by atoms with van der Waals surface area (Å²) in [7, 11) is 0. The molecule has 0 bridgehead atoms. The largest absolute Gasteiger partial charge is 0.147 e. The molecule has 0 aromatic heterocycles. The average Bonchev–Trinajstić information content (AvgIpc) is 2.13. The molecule has 0 nitrogen and oxygen atoms in total. The molecular formula is C12H22S2. The zero-order chi connectivity index (χ0) is 10.9. The Morgan fingerprint density at radius 1 is 1.43 bits per heavy atom. The molecule has 0 N–H and O–H groups in total. The van der Waals surface area contributed by atoms with Crippen LogP contribution in [0.5, 0.6) is 0 Å². The highest BCUT2D eigenvalue weighted by atomic mass is 32.2. The van der Waals surface area contributed by atoms with Crippen LogP contribution in [0.3, 0.4) is 0 Å². The molecule has 0 radical (unpaired) electrons. The van der Waals surface area contributed by atoms with E-state index in [1.165, 1.54) is 6.42 Å². The van der Waals surface area contributed by atoms with E-state index in [4.69, 9.17) is 0 Å². The van der Waals surface area contributed by atoms with Gasteiger partial charge in [-0.1, -0.05) is 25.0 Å². The lowest BCUT2D eigenvalue weighted by Gasteiger charge is -2.42. The predicted octanol–water partition coefficient (Wildman–Crippen LogP) is 4.56. The van der Waals surface area contributed by atoms with E-state index in [9.17, 15) is 0 Å². The average molecular weight is 230 g/mol. The van der Waals surface area contributed by atoms with E-state index in [-0.39, 0.29) is 0 Å². The molecule has 2 heteroatoms. The monoisotopic (exact) mass is 230 g/mol. The van der Waals surface area contributed by atoms with E-state index in [0.717, 1.165) is 5.92 Å². The molecule has 1 aliphatic heterocycles. The molecule has 1 rings (SSSR count). The zero-order valence-electron chi connectivity index (χ0n) is 10.2. The highest BCUT2D eigenvalue weighted by molar-refractivity contribution is 8.18. The molecule has 1 aliphatic rings. The zero-order valence-corrected chi connectivity index (χ0v) is 11.8. The van der Waals surface area contributed by atoms with E-state index in [1.54, 1.807) is 11.1 Å². The Morgan fingerprint density at radius 2 is 2.00 bits per heavy atom. The highest BCUT2D eigenvalue weighted by Gasteiger charge is 2.39. The molecule has 1 heterocycles.